The van der Waals surface area contributed by atoms with Crippen molar-refractivity contribution in [2.45, 2.75) is 13.5 Å². The van der Waals surface area contributed by atoms with Crippen LogP contribution in [0, 0.1) is 6.92 Å². The van der Waals surface area contributed by atoms with Crippen LogP contribution in [0.1, 0.15) is 9.88 Å². The summed E-state index contributed by atoms with van der Waals surface area (Å²) in [5.74, 6) is 1.60. The highest BCUT2D eigenvalue weighted by Gasteiger charge is 2.01. The Morgan fingerprint density at radius 3 is 2.81 bits per heavy atom. The third-order valence-electron chi connectivity index (χ3n) is 2.07. The van der Waals surface area contributed by atoms with Crippen LogP contribution in [0.2, 0.25) is 0 Å². The number of hydrogen-bond acceptors (Lipinski definition) is 4. The molecular formula is C12H13NO2S. The largest absolute Gasteiger partial charge is 0.497 e. The highest BCUT2D eigenvalue weighted by atomic mass is 32.1. The molecule has 16 heavy (non-hydrogen) atoms. The molecule has 0 atom stereocenters. The topological polar surface area (TPSA) is 31.4 Å². The van der Waals surface area contributed by atoms with Gasteiger partial charge in [0.25, 0.3) is 0 Å². The van der Waals surface area contributed by atoms with Crippen molar-refractivity contribution in [2.24, 2.45) is 0 Å². The number of methoxy groups -OCH3 is 1. The molecular weight excluding hydrogens is 222 g/mol. The van der Waals surface area contributed by atoms with E-state index in [0.29, 0.717) is 6.61 Å². The van der Waals surface area contributed by atoms with Crippen molar-refractivity contribution >= 4 is 11.3 Å². The zero-order valence-electron chi connectivity index (χ0n) is 9.27. The Balaban J connectivity index is 1.99. The molecule has 0 radical (unpaired) electrons. The minimum Gasteiger partial charge on any atom is -0.497 e. The maximum absolute atomic E-state index is 5.62. The highest BCUT2D eigenvalue weighted by Crippen LogP contribution is 2.20. The summed E-state index contributed by atoms with van der Waals surface area (Å²) < 4.78 is 10.7. The summed E-state index contributed by atoms with van der Waals surface area (Å²) in [7, 11) is 1.64. The van der Waals surface area contributed by atoms with Gasteiger partial charge in [0.05, 0.1) is 7.11 Å². The molecule has 4 heteroatoms. The van der Waals surface area contributed by atoms with Gasteiger partial charge in [0.1, 0.15) is 23.1 Å². The van der Waals surface area contributed by atoms with Gasteiger partial charge in [-0.3, -0.25) is 0 Å². The van der Waals surface area contributed by atoms with Crippen LogP contribution in [-0.2, 0) is 6.61 Å². The molecule has 0 spiro atoms. The third kappa shape index (κ3) is 2.73. The lowest BCUT2D eigenvalue weighted by atomic mass is 10.3. The van der Waals surface area contributed by atoms with Gasteiger partial charge in [0.15, 0.2) is 0 Å². The number of ether oxygens (including phenoxy) is 2. The number of aromatic nitrogens is 1. The van der Waals surface area contributed by atoms with Gasteiger partial charge in [0.2, 0.25) is 0 Å². The van der Waals surface area contributed by atoms with Crippen LogP contribution >= 0.6 is 11.3 Å². The first kappa shape index (κ1) is 11.0. The Morgan fingerprint density at radius 2 is 2.12 bits per heavy atom. The number of nitrogens with zero attached hydrogens (tertiary/aromatic N) is 1. The van der Waals surface area contributed by atoms with Crippen LogP contribution in [-0.4, -0.2) is 12.1 Å². The molecule has 0 aliphatic carbocycles. The molecule has 0 saturated heterocycles. The van der Waals surface area contributed by atoms with E-state index in [4.69, 9.17) is 9.47 Å². The number of benzene rings is 1. The van der Waals surface area contributed by atoms with Crippen molar-refractivity contribution in [2.75, 3.05) is 7.11 Å². The van der Waals surface area contributed by atoms with E-state index in [9.17, 15) is 0 Å². The summed E-state index contributed by atoms with van der Waals surface area (Å²) in [6.07, 6.45) is 1.86. The predicted octanol–water partition coefficient (Wildman–Crippen LogP) is 3.04. The van der Waals surface area contributed by atoms with Crippen molar-refractivity contribution in [3.8, 4) is 11.5 Å². The Labute approximate surface area is 98.7 Å². The fourth-order valence-corrected chi connectivity index (χ4v) is 2.00. The van der Waals surface area contributed by atoms with Crippen molar-refractivity contribution in [3.05, 3.63) is 40.3 Å². The molecule has 2 rings (SSSR count). The van der Waals surface area contributed by atoms with Crippen LogP contribution in [0.15, 0.2) is 30.5 Å². The quantitative estimate of drug-likeness (QED) is 0.816. The highest BCUT2D eigenvalue weighted by molar-refractivity contribution is 7.11. The summed E-state index contributed by atoms with van der Waals surface area (Å²) in [5.41, 5.74) is 0. The van der Waals surface area contributed by atoms with E-state index in [0.717, 1.165) is 16.5 Å². The number of hydrogen-bond donors (Lipinski definition) is 0. The predicted molar refractivity (Wildman–Crippen MR) is 64.2 cm³/mol. The lowest BCUT2D eigenvalue weighted by Crippen LogP contribution is -1.94. The van der Waals surface area contributed by atoms with Crippen LogP contribution < -0.4 is 9.47 Å². The standard InChI is InChI=1S/C12H13NO2S/c1-9-7-13-12(16-9)8-15-11-5-3-4-10(6-11)14-2/h3-7H,8H2,1-2H3. The zero-order valence-corrected chi connectivity index (χ0v) is 10.1. The first-order valence-corrected chi connectivity index (χ1v) is 5.78. The van der Waals surface area contributed by atoms with E-state index in [1.807, 2.05) is 37.4 Å². The van der Waals surface area contributed by atoms with Gasteiger partial charge < -0.3 is 9.47 Å². The Bertz CT molecular complexity index is 468. The fraction of sp³-hybridized carbons (Fsp3) is 0.250. The summed E-state index contributed by atoms with van der Waals surface area (Å²) >= 11 is 1.65. The van der Waals surface area contributed by atoms with Crippen LogP contribution in [0.25, 0.3) is 0 Å². The van der Waals surface area contributed by atoms with Gasteiger partial charge in [-0.1, -0.05) is 6.07 Å². The minimum atomic E-state index is 0.506. The number of rotatable bonds is 4. The van der Waals surface area contributed by atoms with Crippen LogP contribution in [0.4, 0.5) is 0 Å². The van der Waals surface area contributed by atoms with Gasteiger partial charge in [-0.15, -0.1) is 11.3 Å². The van der Waals surface area contributed by atoms with E-state index >= 15 is 0 Å². The smallest absolute Gasteiger partial charge is 0.140 e. The van der Waals surface area contributed by atoms with Gasteiger partial charge >= 0.3 is 0 Å². The summed E-state index contributed by atoms with van der Waals surface area (Å²) in [6.45, 7) is 2.54. The van der Waals surface area contributed by atoms with E-state index in [1.54, 1.807) is 18.4 Å². The van der Waals surface area contributed by atoms with Crippen molar-refractivity contribution in [1.29, 1.82) is 0 Å². The van der Waals surface area contributed by atoms with E-state index in [1.165, 1.54) is 4.88 Å². The van der Waals surface area contributed by atoms with Crippen molar-refractivity contribution < 1.29 is 9.47 Å². The first-order chi connectivity index (χ1) is 7.78. The molecule has 0 saturated carbocycles. The molecule has 0 fully saturated rings. The monoisotopic (exact) mass is 235 g/mol. The Morgan fingerprint density at radius 1 is 1.31 bits per heavy atom. The number of thiazole rings is 1. The average molecular weight is 235 g/mol. The van der Waals surface area contributed by atoms with E-state index in [2.05, 4.69) is 4.98 Å². The Kier molecular flexibility index (Phi) is 3.41. The number of aryl methyl sites for hydroxylation is 1. The average Bonchev–Trinajstić information content (AvgIpc) is 2.73. The second kappa shape index (κ2) is 4.99. The second-order valence-electron chi connectivity index (χ2n) is 3.33. The first-order valence-electron chi connectivity index (χ1n) is 4.96. The minimum absolute atomic E-state index is 0.506. The normalized spacial score (nSPS) is 10.1. The maximum atomic E-state index is 5.62. The van der Waals surface area contributed by atoms with E-state index < -0.39 is 0 Å². The molecule has 1 heterocycles. The van der Waals surface area contributed by atoms with Gasteiger partial charge in [-0.25, -0.2) is 4.98 Å². The molecule has 2 aromatic rings. The lowest BCUT2D eigenvalue weighted by Gasteiger charge is -2.05. The van der Waals surface area contributed by atoms with Gasteiger partial charge in [0, 0.05) is 17.1 Å². The van der Waals surface area contributed by atoms with Crippen molar-refractivity contribution in [3.63, 3.8) is 0 Å². The molecule has 1 aromatic heterocycles. The molecule has 0 unspecified atom stereocenters. The van der Waals surface area contributed by atoms with E-state index in [-0.39, 0.29) is 0 Å². The van der Waals surface area contributed by atoms with Crippen LogP contribution in [0.3, 0.4) is 0 Å². The summed E-state index contributed by atoms with van der Waals surface area (Å²) in [5, 5.41) is 0.986. The molecule has 0 aliphatic rings. The molecule has 0 bridgehead atoms. The Hall–Kier alpha value is -1.55. The molecule has 3 nitrogen and oxygen atoms in total. The van der Waals surface area contributed by atoms with Gasteiger partial charge in [-0.2, -0.15) is 0 Å². The fourth-order valence-electron chi connectivity index (χ4n) is 1.30. The summed E-state index contributed by atoms with van der Waals surface area (Å²) in [4.78, 5) is 5.43. The lowest BCUT2D eigenvalue weighted by molar-refractivity contribution is 0.303. The molecule has 0 N–H and O–H groups in total. The van der Waals surface area contributed by atoms with Gasteiger partial charge in [-0.05, 0) is 19.1 Å². The zero-order chi connectivity index (χ0) is 11.4. The van der Waals surface area contributed by atoms with Crippen molar-refractivity contribution in [1.82, 2.24) is 4.98 Å². The second-order valence-corrected chi connectivity index (χ2v) is 4.65. The molecule has 84 valence electrons. The third-order valence-corrected chi connectivity index (χ3v) is 2.96. The molecule has 1 aromatic carbocycles. The molecule has 0 aliphatic heterocycles. The summed E-state index contributed by atoms with van der Waals surface area (Å²) in [6, 6.07) is 7.56. The maximum Gasteiger partial charge on any atom is 0.140 e. The van der Waals surface area contributed by atoms with Crippen LogP contribution in [0.5, 0.6) is 11.5 Å². The SMILES string of the molecule is COc1cccc(OCc2ncc(C)s2)c1. The molecule has 0 amide bonds.